The van der Waals surface area contributed by atoms with Crippen LogP contribution in [0.1, 0.15) is 25.8 Å². The fraction of sp³-hybridized carbons (Fsp3) is 0.462. The van der Waals surface area contributed by atoms with Crippen molar-refractivity contribution >= 4 is 5.97 Å². The summed E-state index contributed by atoms with van der Waals surface area (Å²) >= 11 is 0. The van der Waals surface area contributed by atoms with Crippen molar-refractivity contribution in [2.45, 2.75) is 32.3 Å². The molecular weight excluding hydrogens is 204 g/mol. The molecule has 3 nitrogen and oxygen atoms in total. The van der Waals surface area contributed by atoms with Gasteiger partial charge in [-0.25, -0.2) is 4.79 Å². The molecule has 0 spiro atoms. The molecule has 1 aromatic carbocycles. The molecule has 16 heavy (non-hydrogen) atoms. The third-order valence-electron chi connectivity index (χ3n) is 2.46. The van der Waals surface area contributed by atoms with Crippen molar-refractivity contribution < 1.29 is 14.6 Å². The van der Waals surface area contributed by atoms with Gasteiger partial charge in [0.1, 0.15) is 0 Å². The highest BCUT2D eigenvalue weighted by atomic mass is 16.5. The minimum atomic E-state index is -1.13. The number of carboxylic acid groups (broad SMARTS) is 1. The minimum absolute atomic E-state index is 0.392. The third kappa shape index (κ3) is 3.35. The smallest absolute Gasteiger partial charge is 0.336 e. The second kappa shape index (κ2) is 5.66. The zero-order chi connectivity index (χ0) is 12.0. The van der Waals surface area contributed by atoms with Crippen LogP contribution in [0, 0.1) is 0 Å². The van der Waals surface area contributed by atoms with Gasteiger partial charge in [0.15, 0.2) is 5.60 Å². The summed E-state index contributed by atoms with van der Waals surface area (Å²) in [5, 5.41) is 9.20. The van der Waals surface area contributed by atoms with Crippen molar-refractivity contribution in [2.24, 2.45) is 0 Å². The van der Waals surface area contributed by atoms with Crippen molar-refractivity contribution in [1.82, 2.24) is 0 Å². The quantitative estimate of drug-likeness (QED) is 0.804. The molecule has 0 saturated carbocycles. The molecule has 0 radical (unpaired) electrons. The first-order valence-electron chi connectivity index (χ1n) is 5.50. The molecule has 1 aromatic rings. The number of carbonyl (C=O) groups is 1. The highest BCUT2D eigenvalue weighted by molar-refractivity contribution is 5.77. The highest BCUT2D eigenvalue weighted by Gasteiger charge is 2.34. The molecule has 88 valence electrons. The van der Waals surface area contributed by atoms with E-state index in [9.17, 15) is 9.90 Å². The summed E-state index contributed by atoms with van der Waals surface area (Å²) in [7, 11) is 0. The first kappa shape index (κ1) is 12.7. The van der Waals surface area contributed by atoms with E-state index in [-0.39, 0.29) is 0 Å². The number of carboxylic acids is 1. The Hall–Kier alpha value is -1.35. The summed E-state index contributed by atoms with van der Waals surface area (Å²) in [6.45, 7) is 4.05. The topological polar surface area (TPSA) is 46.5 Å². The van der Waals surface area contributed by atoms with Gasteiger partial charge in [0, 0.05) is 13.0 Å². The van der Waals surface area contributed by atoms with Crippen LogP contribution >= 0.6 is 0 Å². The van der Waals surface area contributed by atoms with Gasteiger partial charge in [-0.15, -0.1) is 0 Å². The van der Waals surface area contributed by atoms with E-state index in [2.05, 4.69) is 0 Å². The number of aliphatic carboxylic acids is 1. The SMILES string of the molecule is CCCOC(C)(Cc1ccccc1)C(=O)O. The fourth-order valence-corrected chi connectivity index (χ4v) is 1.50. The molecule has 1 atom stereocenters. The summed E-state index contributed by atoms with van der Waals surface area (Å²) in [5.41, 5.74) is -0.152. The Labute approximate surface area is 96.1 Å². The summed E-state index contributed by atoms with van der Waals surface area (Å²) in [5.74, 6) is -0.912. The largest absolute Gasteiger partial charge is 0.479 e. The van der Waals surface area contributed by atoms with Crippen LogP contribution in [-0.2, 0) is 16.0 Å². The van der Waals surface area contributed by atoms with E-state index < -0.39 is 11.6 Å². The zero-order valence-corrected chi connectivity index (χ0v) is 9.77. The van der Waals surface area contributed by atoms with Gasteiger partial charge in [0.25, 0.3) is 0 Å². The Morgan fingerprint density at radius 2 is 2.00 bits per heavy atom. The molecule has 0 amide bonds. The van der Waals surface area contributed by atoms with E-state index in [0.29, 0.717) is 13.0 Å². The molecule has 1 N–H and O–H groups in total. The molecule has 3 heteroatoms. The molecule has 0 bridgehead atoms. The van der Waals surface area contributed by atoms with Crippen LogP contribution < -0.4 is 0 Å². The number of hydrogen-bond acceptors (Lipinski definition) is 2. The van der Waals surface area contributed by atoms with Crippen LogP contribution in [0.15, 0.2) is 30.3 Å². The Balaban J connectivity index is 2.75. The molecule has 0 aliphatic rings. The number of hydrogen-bond donors (Lipinski definition) is 1. The second-order valence-electron chi connectivity index (χ2n) is 4.05. The van der Waals surface area contributed by atoms with Crippen molar-refractivity contribution in [3.63, 3.8) is 0 Å². The molecule has 0 saturated heterocycles. The van der Waals surface area contributed by atoms with E-state index in [0.717, 1.165) is 12.0 Å². The van der Waals surface area contributed by atoms with Crippen LogP contribution in [0.3, 0.4) is 0 Å². The van der Waals surface area contributed by atoms with Crippen molar-refractivity contribution in [3.05, 3.63) is 35.9 Å². The molecule has 1 unspecified atom stereocenters. The average molecular weight is 222 g/mol. The van der Waals surface area contributed by atoms with Gasteiger partial charge < -0.3 is 9.84 Å². The lowest BCUT2D eigenvalue weighted by molar-refractivity contribution is -0.163. The average Bonchev–Trinajstić information content (AvgIpc) is 2.27. The molecule has 0 aromatic heterocycles. The second-order valence-corrected chi connectivity index (χ2v) is 4.05. The monoisotopic (exact) mass is 222 g/mol. The van der Waals surface area contributed by atoms with Gasteiger partial charge in [-0.05, 0) is 18.9 Å². The maximum absolute atomic E-state index is 11.2. The van der Waals surface area contributed by atoms with Crippen LogP contribution in [0.2, 0.25) is 0 Å². The maximum Gasteiger partial charge on any atom is 0.336 e. The van der Waals surface area contributed by atoms with Gasteiger partial charge >= 0.3 is 5.97 Å². The molecule has 0 heterocycles. The van der Waals surface area contributed by atoms with Crippen molar-refractivity contribution in [3.8, 4) is 0 Å². The lowest BCUT2D eigenvalue weighted by Gasteiger charge is -2.25. The summed E-state index contributed by atoms with van der Waals surface area (Å²) < 4.78 is 5.44. The summed E-state index contributed by atoms with van der Waals surface area (Å²) in [6.07, 6.45) is 1.21. The number of ether oxygens (including phenoxy) is 1. The minimum Gasteiger partial charge on any atom is -0.479 e. The standard InChI is InChI=1S/C13H18O3/c1-3-9-16-13(2,12(14)15)10-11-7-5-4-6-8-11/h4-8H,3,9-10H2,1-2H3,(H,14,15). The van der Waals surface area contributed by atoms with Gasteiger partial charge in [-0.2, -0.15) is 0 Å². The van der Waals surface area contributed by atoms with Crippen LogP contribution in [0.5, 0.6) is 0 Å². The summed E-state index contributed by atoms with van der Waals surface area (Å²) in [6, 6.07) is 9.54. The van der Waals surface area contributed by atoms with Gasteiger partial charge in [-0.3, -0.25) is 0 Å². The van der Waals surface area contributed by atoms with E-state index in [1.54, 1.807) is 6.92 Å². The lowest BCUT2D eigenvalue weighted by atomic mass is 9.96. The van der Waals surface area contributed by atoms with Crippen LogP contribution in [-0.4, -0.2) is 23.3 Å². The normalized spacial score (nSPS) is 14.4. The van der Waals surface area contributed by atoms with Gasteiger partial charge in [0.05, 0.1) is 0 Å². The van der Waals surface area contributed by atoms with Crippen LogP contribution in [0.25, 0.3) is 0 Å². The number of benzene rings is 1. The third-order valence-corrected chi connectivity index (χ3v) is 2.46. The van der Waals surface area contributed by atoms with Crippen molar-refractivity contribution in [2.75, 3.05) is 6.61 Å². The van der Waals surface area contributed by atoms with E-state index >= 15 is 0 Å². The van der Waals surface area contributed by atoms with Crippen molar-refractivity contribution in [1.29, 1.82) is 0 Å². The van der Waals surface area contributed by atoms with Crippen LogP contribution in [0.4, 0.5) is 0 Å². The first-order valence-corrected chi connectivity index (χ1v) is 5.50. The Kier molecular flexibility index (Phi) is 4.50. The van der Waals surface area contributed by atoms with Gasteiger partial charge in [0.2, 0.25) is 0 Å². The molecule has 0 aliphatic heterocycles. The Morgan fingerprint density at radius 3 is 2.50 bits per heavy atom. The van der Waals surface area contributed by atoms with E-state index in [1.807, 2.05) is 37.3 Å². The predicted molar refractivity (Wildman–Crippen MR) is 62.4 cm³/mol. The lowest BCUT2D eigenvalue weighted by Crippen LogP contribution is -2.40. The fourth-order valence-electron chi connectivity index (χ4n) is 1.50. The maximum atomic E-state index is 11.2. The predicted octanol–water partition coefficient (Wildman–Crippen LogP) is 2.50. The summed E-state index contributed by atoms with van der Waals surface area (Å²) in [4.78, 5) is 11.2. The molecule has 0 fully saturated rings. The molecule has 0 aliphatic carbocycles. The van der Waals surface area contributed by atoms with E-state index in [1.165, 1.54) is 0 Å². The highest BCUT2D eigenvalue weighted by Crippen LogP contribution is 2.18. The molecular formula is C13H18O3. The van der Waals surface area contributed by atoms with Gasteiger partial charge in [-0.1, -0.05) is 37.3 Å². The number of rotatable bonds is 6. The Morgan fingerprint density at radius 1 is 1.38 bits per heavy atom. The molecule has 1 rings (SSSR count). The Bertz CT molecular complexity index is 334. The van der Waals surface area contributed by atoms with E-state index in [4.69, 9.17) is 4.74 Å². The zero-order valence-electron chi connectivity index (χ0n) is 9.77. The first-order chi connectivity index (χ1) is 7.58.